The lowest BCUT2D eigenvalue weighted by molar-refractivity contribution is -0.122. The van der Waals surface area contributed by atoms with E-state index in [1.807, 2.05) is 24.0 Å². The van der Waals surface area contributed by atoms with Gasteiger partial charge in [0.2, 0.25) is 11.2 Å². The predicted octanol–water partition coefficient (Wildman–Crippen LogP) is 3.65. The molecule has 4 rings (SSSR count). The van der Waals surface area contributed by atoms with Crippen LogP contribution in [0.2, 0.25) is 5.28 Å². The van der Waals surface area contributed by atoms with Crippen LogP contribution in [0.4, 0.5) is 20.3 Å². The number of fused-ring (bicyclic) bond motifs is 2. The van der Waals surface area contributed by atoms with Crippen molar-refractivity contribution >= 4 is 23.1 Å². The Morgan fingerprint density at radius 3 is 2.64 bits per heavy atom. The molecule has 4 nitrogen and oxygen atoms in total. The molecular formula is C15H13ClF2N4. The van der Waals surface area contributed by atoms with Gasteiger partial charge in [0.05, 0.1) is 11.4 Å². The van der Waals surface area contributed by atoms with Gasteiger partial charge in [0.25, 0.3) is 0 Å². The number of hydrogen-bond donors (Lipinski definition) is 0. The molecule has 1 aliphatic heterocycles. The first-order valence-corrected chi connectivity index (χ1v) is 7.39. The molecule has 22 heavy (non-hydrogen) atoms. The second-order valence-electron chi connectivity index (χ2n) is 6.08. The Morgan fingerprint density at radius 2 is 1.95 bits per heavy atom. The van der Waals surface area contributed by atoms with Gasteiger partial charge in [-0.3, -0.25) is 4.98 Å². The van der Waals surface area contributed by atoms with Crippen molar-refractivity contribution in [1.82, 2.24) is 15.0 Å². The van der Waals surface area contributed by atoms with E-state index in [1.54, 1.807) is 12.3 Å². The fraction of sp³-hybridized carbons (Fsp3) is 0.400. The smallest absolute Gasteiger partial charge is 0.250 e. The molecule has 0 radical (unpaired) electrons. The molecule has 2 aromatic rings. The Balaban J connectivity index is 1.81. The predicted molar refractivity (Wildman–Crippen MR) is 78.9 cm³/mol. The molecule has 2 aliphatic rings. The highest BCUT2D eigenvalue weighted by atomic mass is 35.5. The molecule has 0 unspecified atom stereocenters. The molecule has 0 saturated heterocycles. The molecule has 0 N–H and O–H groups in total. The molecule has 0 bridgehead atoms. The lowest BCUT2D eigenvalue weighted by Gasteiger charge is -2.44. The van der Waals surface area contributed by atoms with E-state index in [0.29, 0.717) is 12.4 Å². The first kappa shape index (κ1) is 13.8. The quantitative estimate of drug-likeness (QED) is 0.752. The van der Waals surface area contributed by atoms with Crippen LogP contribution in [0.1, 0.15) is 24.2 Å². The van der Waals surface area contributed by atoms with E-state index >= 15 is 0 Å². The SMILES string of the molecule is Cc1ccc2c(n1)C1(CN2c2ccnc(Cl)n2)CC(F)(F)C1. The van der Waals surface area contributed by atoms with Gasteiger partial charge in [-0.05, 0) is 36.7 Å². The Kier molecular flexibility index (Phi) is 2.73. The monoisotopic (exact) mass is 322 g/mol. The number of alkyl halides is 2. The number of rotatable bonds is 1. The molecule has 0 amide bonds. The van der Waals surface area contributed by atoms with E-state index in [1.165, 1.54) is 0 Å². The average molecular weight is 323 g/mol. The summed E-state index contributed by atoms with van der Waals surface area (Å²) in [7, 11) is 0. The molecular weight excluding hydrogens is 310 g/mol. The van der Waals surface area contributed by atoms with Crippen molar-refractivity contribution in [2.45, 2.75) is 31.1 Å². The van der Waals surface area contributed by atoms with E-state index in [4.69, 9.17) is 11.6 Å². The van der Waals surface area contributed by atoms with Gasteiger partial charge in [-0.2, -0.15) is 0 Å². The van der Waals surface area contributed by atoms with Crippen LogP contribution in [0.15, 0.2) is 24.4 Å². The number of nitrogens with zero attached hydrogens (tertiary/aromatic N) is 4. The van der Waals surface area contributed by atoms with Gasteiger partial charge in [-0.25, -0.2) is 18.7 Å². The molecule has 114 valence electrons. The first-order chi connectivity index (χ1) is 10.4. The number of aromatic nitrogens is 3. The zero-order chi connectivity index (χ0) is 15.5. The maximum absolute atomic E-state index is 13.5. The van der Waals surface area contributed by atoms with E-state index in [-0.39, 0.29) is 18.1 Å². The number of anilines is 2. The van der Waals surface area contributed by atoms with Crippen LogP contribution in [-0.2, 0) is 5.41 Å². The standard InChI is InChI=1S/C15H13ClF2N4/c1-9-2-3-10-12(20-9)14(6-15(17,18)7-14)8-22(10)11-4-5-19-13(16)21-11/h2-5H,6-8H2,1H3. The summed E-state index contributed by atoms with van der Waals surface area (Å²) in [5.74, 6) is -2.00. The van der Waals surface area contributed by atoms with Gasteiger partial charge >= 0.3 is 0 Å². The van der Waals surface area contributed by atoms with Gasteiger partial charge < -0.3 is 4.90 Å². The third-order valence-electron chi connectivity index (χ3n) is 4.35. The number of pyridine rings is 1. The van der Waals surface area contributed by atoms with Crippen LogP contribution in [0.25, 0.3) is 0 Å². The second kappa shape index (κ2) is 4.35. The molecule has 1 fully saturated rings. The topological polar surface area (TPSA) is 41.9 Å². The highest BCUT2D eigenvalue weighted by Crippen LogP contribution is 2.59. The second-order valence-corrected chi connectivity index (χ2v) is 6.42. The van der Waals surface area contributed by atoms with Crippen molar-refractivity contribution in [2.24, 2.45) is 0 Å². The summed E-state index contributed by atoms with van der Waals surface area (Å²) in [4.78, 5) is 14.5. The van der Waals surface area contributed by atoms with Crippen molar-refractivity contribution in [3.05, 3.63) is 41.1 Å². The minimum absolute atomic E-state index is 0.138. The lowest BCUT2D eigenvalue weighted by Crippen LogP contribution is -2.51. The Hall–Kier alpha value is -1.82. The van der Waals surface area contributed by atoms with Crippen LogP contribution < -0.4 is 4.90 Å². The van der Waals surface area contributed by atoms with Crippen molar-refractivity contribution < 1.29 is 8.78 Å². The minimum Gasteiger partial charge on any atom is -0.324 e. The Morgan fingerprint density at radius 1 is 1.18 bits per heavy atom. The summed E-state index contributed by atoms with van der Waals surface area (Å²) >= 11 is 5.86. The minimum atomic E-state index is -2.61. The van der Waals surface area contributed by atoms with E-state index in [0.717, 1.165) is 17.1 Å². The summed E-state index contributed by atoms with van der Waals surface area (Å²) in [6, 6.07) is 5.52. The maximum atomic E-state index is 13.5. The van der Waals surface area contributed by atoms with Crippen molar-refractivity contribution in [3.8, 4) is 0 Å². The molecule has 0 aromatic carbocycles. The van der Waals surface area contributed by atoms with Gasteiger partial charge in [0, 0.05) is 36.7 Å². The fourth-order valence-corrected chi connectivity index (χ4v) is 3.66. The van der Waals surface area contributed by atoms with Crippen LogP contribution in [-0.4, -0.2) is 27.4 Å². The summed E-state index contributed by atoms with van der Waals surface area (Å²) in [5, 5.41) is 0.138. The van der Waals surface area contributed by atoms with Gasteiger partial charge in [0.15, 0.2) is 0 Å². The van der Waals surface area contributed by atoms with Crippen molar-refractivity contribution in [1.29, 1.82) is 0 Å². The summed E-state index contributed by atoms with van der Waals surface area (Å²) in [6.45, 7) is 2.32. The number of aryl methyl sites for hydroxylation is 1. The van der Waals surface area contributed by atoms with E-state index in [2.05, 4.69) is 15.0 Å². The average Bonchev–Trinajstić information content (AvgIpc) is 2.72. The summed E-state index contributed by atoms with van der Waals surface area (Å²) in [5.41, 5.74) is 1.81. The normalized spacial score (nSPS) is 20.8. The van der Waals surface area contributed by atoms with Gasteiger partial charge in [-0.1, -0.05) is 0 Å². The molecule has 2 aromatic heterocycles. The van der Waals surface area contributed by atoms with E-state index < -0.39 is 11.3 Å². The Labute approximate surface area is 131 Å². The van der Waals surface area contributed by atoms with Crippen LogP contribution in [0.3, 0.4) is 0 Å². The molecule has 1 spiro atoms. The van der Waals surface area contributed by atoms with Crippen LogP contribution in [0.5, 0.6) is 0 Å². The fourth-order valence-electron chi connectivity index (χ4n) is 3.52. The maximum Gasteiger partial charge on any atom is 0.250 e. The Bertz CT molecular complexity index is 757. The third kappa shape index (κ3) is 1.97. The molecule has 0 atom stereocenters. The van der Waals surface area contributed by atoms with Gasteiger partial charge in [-0.15, -0.1) is 0 Å². The highest BCUT2D eigenvalue weighted by molar-refractivity contribution is 6.28. The van der Waals surface area contributed by atoms with Crippen LogP contribution in [0, 0.1) is 6.92 Å². The summed E-state index contributed by atoms with van der Waals surface area (Å²) in [6.07, 6.45) is 1.23. The first-order valence-electron chi connectivity index (χ1n) is 7.01. The largest absolute Gasteiger partial charge is 0.324 e. The molecule has 7 heteroatoms. The third-order valence-corrected chi connectivity index (χ3v) is 4.53. The molecule has 1 aliphatic carbocycles. The number of hydrogen-bond acceptors (Lipinski definition) is 4. The van der Waals surface area contributed by atoms with Gasteiger partial charge in [0.1, 0.15) is 5.82 Å². The van der Waals surface area contributed by atoms with Crippen molar-refractivity contribution in [2.75, 3.05) is 11.4 Å². The zero-order valence-electron chi connectivity index (χ0n) is 11.9. The summed E-state index contributed by atoms with van der Waals surface area (Å²) < 4.78 is 27.1. The molecule has 1 saturated carbocycles. The van der Waals surface area contributed by atoms with E-state index in [9.17, 15) is 8.78 Å². The van der Waals surface area contributed by atoms with Crippen LogP contribution >= 0.6 is 11.6 Å². The zero-order valence-corrected chi connectivity index (χ0v) is 12.6. The lowest BCUT2D eigenvalue weighted by atomic mass is 9.65. The molecule has 3 heterocycles. The number of halogens is 3. The highest BCUT2D eigenvalue weighted by Gasteiger charge is 2.62. The van der Waals surface area contributed by atoms with Crippen molar-refractivity contribution in [3.63, 3.8) is 0 Å².